The predicted molar refractivity (Wildman–Crippen MR) is 66.7 cm³/mol. The molecular formula is C14H20O. The van der Waals surface area contributed by atoms with Gasteiger partial charge >= 0.3 is 0 Å². The van der Waals surface area contributed by atoms with Gasteiger partial charge in [0.25, 0.3) is 0 Å². The molecule has 0 atom stereocenters. The lowest BCUT2D eigenvalue weighted by atomic mass is 10.0. The van der Waals surface area contributed by atoms with Crippen LogP contribution >= 0.6 is 0 Å². The van der Waals surface area contributed by atoms with Crippen LogP contribution < -0.4 is 0 Å². The molecule has 0 heterocycles. The average molecular weight is 204 g/mol. The van der Waals surface area contributed by atoms with Gasteiger partial charge in [-0.2, -0.15) is 0 Å². The molecule has 0 amide bonds. The molecule has 0 saturated carbocycles. The number of allylic oxidation sites excluding steroid dienone is 1. The molecule has 0 radical (unpaired) electrons. The maximum atomic E-state index is 9.83. The maximum absolute atomic E-state index is 9.83. The van der Waals surface area contributed by atoms with Crippen molar-refractivity contribution in [3.05, 3.63) is 42.0 Å². The number of benzene rings is 1. The van der Waals surface area contributed by atoms with Gasteiger partial charge in [-0.25, -0.2) is 0 Å². The molecular weight excluding hydrogens is 184 g/mol. The van der Waals surface area contributed by atoms with Crippen LogP contribution in [0.4, 0.5) is 0 Å². The molecule has 0 aliphatic heterocycles. The summed E-state index contributed by atoms with van der Waals surface area (Å²) in [6.45, 7) is 7.65. The molecule has 0 fully saturated rings. The molecule has 0 spiro atoms. The Morgan fingerprint density at radius 1 is 1.07 bits per heavy atom. The smallest absolute Gasteiger partial charge is 0.125 e. The van der Waals surface area contributed by atoms with Gasteiger partial charge in [-0.05, 0) is 12.5 Å². The maximum Gasteiger partial charge on any atom is 0.125 e. The fourth-order valence-electron chi connectivity index (χ4n) is 0.757. The van der Waals surface area contributed by atoms with E-state index < -0.39 is 0 Å². The van der Waals surface area contributed by atoms with E-state index in [0.717, 1.165) is 6.29 Å². The van der Waals surface area contributed by atoms with E-state index in [9.17, 15) is 4.79 Å². The lowest BCUT2D eigenvalue weighted by Gasteiger charge is -2.03. The molecule has 82 valence electrons. The lowest BCUT2D eigenvalue weighted by Crippen LogP contribution is -2.04. The molecule has 0 bridgehead atoms. The Hall–Kier alpha value is -1.37. The Labute approximate surface area is 92.8 Å². The van der Waals surface area contributed by atoms with Gasteiger partial charge in [0.1, 0.15) is 6.29 Å². The summed E-state index contributed by atoms with van der Waals surface area (Å²) in [4.78, 5) is 9.83. The van der Waals surface area contributed by atoms with Gasteiger partial charge in [0.15, 0.2) is 0 Å². The van der Waals surface area contributed by atoms with Crippen molar-refractivity contribution in [2.75, 3.05) is 0 Å². The van der Waals surface area contributed by atoms with Gasteiger partial charge in [0, 0.05) is 5.41 Å². The fourth-order valence-corrected chi connectivity index (χ4v) is 0.757. The molecule has 0 aliphatic carbocycles. The number of aldehydes is 1. The highest BCUT2D eigenvalue weighted by atomic mass is 16.1. The van der Waals surface area contributed by atoms with E-state index in [2.05, 4.69) is 18.2 Å². The monoisotopic (exact) mass is 204 g/mol. The normalized spacial score (nSPS) is 10.7. The van der Waals surface area contributed by atoms with Gasteiger partial charge in [0.2, 0.25) is 0 Å². The first kappa shape index (κ1) is 13.6. The van der Waals surface area contributed by atoms with E-state index >= 15 is 0 Å². The largest absolute Gasteiger partial charge is 0.303 e. The van der Waals surface area contributed by atoms with Gasteiger partial charge in [-0.15, -0.1) is 0 Å². The minimum Gasteiger partial charge on any atom is -0.303 e. The molecule has 0 unspecified atom stereocenters. The zero-order valence-corrected chi connectivity index (χ0v) is 10.0. The zero-order chi connectivity index (χ0) is 11.7. The molecule has 1 rings (SSSR count). The molecule has 1 nitrogen and oxygen atoms in total. The third kappa shape index (κ3) is 8.95. The van der Waals surface area contributed by atoms with Crippen LogP contribution in [0.25, 0.3) is 6.08 Å². The van der Waals surface area contributed by atoms with E-state index in [1.807, 2.05) is 52.0 Å². The molecule has 1 aromatic rings. The van der Waals surface area contributed by atoms with E-state index in [1.165, 1.54) is 5.56 Å². The van der Waals surface area contributed by atoms with Crippen LogP contribution in [-0.4, -0.2) is 6.29 Å². The molecule has 1 heteroatoms. The SMILES string of the molecule is C/C=C/c1ccccc1.CC(C)(C)C=O. The second kappa shape index (κ2) is 6.99. The van der Waals surface area contributed by atoms with Gasteiger partial charge in [0.05, 0.1) is 0 Å². The Bertz CT molecular complexity index is 291. The van der Waals surface area contributed by atoms with Crippen molar-refractivity contribution in [2.45, 2.75) is 27.7 Å². The molecule has 0 saturated heterocycles. The first-order valence-electron chi connectivity index (χ1n) is 5.13. The molecule has 15 heavy (non-hydrogen) atoms. The Kier molecular flexibility index (Phi) is 6.35. The summed E-state index contributed by atoms with van der Waals surface area (Å²) in [7, 11) is 0. The molecule has 0 N–H and O–H groups in total. The van der Waals surface area contributed by atoms with E-state index in [4.69, 9.17) is 0 Å². The summed E-state index contributed by atoms with van der Waals surface area (Å²) in [5.74, 6) is 0. The van der Waals surface area contributed by atoms with Crippen LogP contribution in [0.3, 0.4) is 0 Å². The quantitative estimate of drug-likeness (QED) is 0.633. The highest BCUT2D eigenvalue weighted by Crippen LogP contribution is 2.05. The first-order chi connectivity index (χ1) is 6.99. The van der Waals surface area contributed by atoms with Crippen LogP contribution in [0.15, 0.2) is 36.4 Å². The summed E-state index contributed by atoms with van der Waals surface area (Å²) < 4.78 is 0. The van der Waals surface area contributed by atoms with E-state index in [-0.39, 0.29) is 5.41 Å². The molecule has 1 aromatic carbocycles. The number of carbonyl (C=O) groups is 1. The summed E-state index contributed by atoms with van der Waals surface area (Å²) in [6.07, 6.45) is 5.06. The lowest BCUT2D eigenvalue weighted by molar-refractivity contribution is -0.113. The van der Waals surface area contributed by atoms with Crippen LogP contribution in [0.5, 0.6) is 0 Å². The van der Waals surface area contributed by atoms with Crippen molar-refractivity contribution in [3.8, 4) is 0 Å². The topological polar surface area (TPSA) is 17.1 Å². The summed E-state index contributed by atoms with van der Waals surface area (Å²) in [5, 5.41) is 0. The van der Waals surface area contributed by atoms with Crippen LogP contribution in [-0.2, 0) is 4.79 Å². The van der Waals surface area contributed by atoms with Crippen molar-refractivity contribution in [3.63, 3.8) is 0 Å². The Morgan fingerprint density at radius 3 is 1.87 bits per heavy atom. The highest BCUT2D eigenvalue weighted by molar-refractivity contribution is 5.56. The summed E-state index contributed by atoms with van der Waals surface area (Å²) >= 11 is 0. The third-order valence-corrected chi connectivity index (χ3v) is 1.51. The van der Waals surface area contributed by atoms with Gasteiger partial charge < -0.3 is 4.79 Å². The molecule has 0 aromatic heterocycles. The van der Waals surface area contributed by atoms with Crippen molar-refractivity contribution in [1.29, 1.82) is 0 Å². The van der Waals surface area contributed by atoms with Crippen molar-refractivity contribution >= 4 is 12.4 Å². The molecule has 0 aliphatic rings. The van der Waals surface area contributed by atoms with Crippen molar-refractivity contribution in [1.82, 2.24) is 0 Å². The van der Waals surface area contributed by atoms with E-state index in [1.54, 1.807) is 0 Å². The zero-order valence-electron chi connectivity index (χ0n) is 10.0. The summed E-state index contributed by atoms with van der Waals surface area (Å²) in [6, 6.07) is 10.3. The van der Waals surface area contributed by atoms with Crippen LogP contribution in [0.2, 0.25) is 0 Å². The number of rotatable bonds is 1. The van der Waals surface area contributed by atoms with Crippen molar-refractivity contribution < 1.29 is 4.79 Å². The number of hydrogen-bond acceptors (Lipinski definition) is 1. The second-order valence-electron chi connectivity index (χ2n) is 4.39. The van der Waals surface area contributed by atoms with Gasteiger partial charge in [-0.1, -0.05) is 63.3 Å². The Morgan fingerprint density at radius 2 is 1.53 bits per heavy atom. The van der Waals surface area contributed by atoms with Gasteiger partial charge in [-0.3, -0.25) is 0 Å². The predicted octanol–water partition coefficient (Wildman–Crippen LogP) is 3.95. The summed E-state index contributed by atoms with van der Waals surface area (Å²) in [5.41, 5.74) is 1.13. The van der Waals surface area contributed by atoms with Crippen LogP contribution in [0.1, 0.15) is 33.3 Å². The standard InChI is InChI=1S/C9H10.C5H10O/c1-2-6-9-7-4-3-5-8-9;1-5(2,3)4-6/h2-8H,1H3;4H,1-3H3/b6-2+;. The number of hydrogen-bond donors (Lipinski definition) is 0. The highest BCUT2D eigenvalue weighted by Gasteiger charge is 2.04. The minimum atomic E-state index is -0.139. The van der Waals surface area contributed by atoms with E-state index in [0.29, 0.717) is 0 Å². The minimum absolute atomic E-state index is 0.139. The first-order valence-corrected chi connectivity index (χ1v) is 5.13. The second-order valence-corrected chi connectivity index (χ2v) is 4.39. The number of carbonyl (C=O) groups excluding carboxylic acids is 1. The average Bonchev–Trinajstić information content (AvgIpc) is 2.20. The van der Waals surface area contributed by atoms with Crippen LogP contribution in [0, 0.1) is 5.41 Å². The van der Waals surface area contributed by atoms with Crippen molar-refractivity contribution in [2.24, 2.45) is 5.41 Å². The fraction of sp³-hybridized carbons (Fsp3) is 0.357. The Balaban J connectivity index is 0.000000288. The third-order valence-electron chi connectivity index (χ3n) is 1.51.